The predicted molar refractivity (Wildman–Crippen MR) is 88.6 cm³/mol. The van der Waals surface area contributed by atoms with E-state index in [2.05, 4.69) is 46.9 Å². The van der Waals surface area contributed by atoms with Gasteiger partial charge in [-0.1, -0.05) is 26.1 Å². The Morgan fingerprint density at radius 1 is 1.30 bits per heavy atom. The highest BCUT2D eigenvalue weighted by molar-refractivity contribution is 7.80. The number of thiocarbonyl (C=S) groups is 1. The maximum Gasteiger partial charge on any atom is 0.205 e. The first-order valence-corrected chi connectivity index (χ1v) is 8.14. The van der Waals surface area contributed by atoms with Gasteiger partial charge in [-0.3, -0.25) is 4.90 Å². The van der Waals surface area contributed by atoms with Crippen LogP contribution in [0, 0.1) is 0 Å². The van der Waals surface area contributed by atoms with Gasteiger partial charge in [0.1, 0.15) is 5.82 Å². The summed E-state index contributed by atoms with van der Waals surface area (Å²) in [7, 11) is 0. The van der Waals surface area contributed by atoms with Crippen molar-refractivity contribution in [2.75, 3.05) is 31.1 Å². The quantitative estimate of drug-likeness (QED) is 0.856. The molecule has 0 spiro atoms. The van der Waals surface area contributed by atoms with Crippen LogP contribution >= 0.6 is 23.8 Å². The Hall–Kier alpha value is -0.790. The van der Waals surface area contributed by atoms with Crippen molar-refractivity contribution in [3.8, 4) is 0 Å². The minimum Gasteiger partial charge on any atom is -0.392 e. The molecule has 2 rings (SSSR count). The molecule has 0 radical (unpaired) electrons. The summed E-state index contributed by atoms with van der Waals surface area (Å²) in [5.41, 5.74) is 5.62. The van der Waals surface area contributed by atoms with E-state index in [9.17, 15) is 0 Å². The number of nitrogens with zero attached hydrogens (tertiary/aromatic N) is 4. The largest absolute Gasteiger partial charge is 0.392 e. The third-order valence-electron chi connectivity index (χ3n) is 3.89. The molecule has 1 saturated heterocycles. The summed E-state index contributed by atoms with van der Waals surface area (Å²) in [4.78, 5) is 9.82. The molecule has 5 nitrogen and oxygen atoms in total. The number of hydrogen-bond donors (Lipinski definition) is 1. The van der Waals surface area contributed by atoms with Crippen molar-refractivity contribution in [1.82, 2.24) is 14.3 Å². The van der Waals surface area contributed by atoms with Crippen molar-refractivity contribution in [1.29, 1.82) is 0 Å². The van der Waals surface area contributed by atoms with Crippen molar-refractivity contribution in [3.63, 3.8) is 0 Å². The van der Waals surface area contributed by atoms with Crippen LogP contribution in [-0.4, -0.2) is 51.0 Å². The van der Waals surface area contributed by atoms with Gasteiger partial charge in [0, 0.05) is 43.6 Å². The molecule has 112 valence electrons. The molecular formula is C13H23N5S2. The van der Waals surface area contributed by atoms with Crippen molar-refractivity contribution in [2.45, 2.75) is 39.2 Å². The van der Waals surface area contributed by atoms with Crippen LogP contribution in [0.15, 0.2) is 0 Å². The fourth-order valence-electron chi connectivity index (χ4n) is 2.20. The third-order valence-corrected chi connectivity index (χ3v) is 5.18. The molecule has 0 amide bonds. The molecule has 2 heterocycles. The minimum absolute atomic E-state index is 0.217. The van der Waals surface area contributed by atoms with E-state index < -0.39 is 0 Å². The maximum atomic E-state index is 5.84. The molecule has 0 bridgehead atoms. The number of piperazine rings is 1. The Labute approximate surface area is 130 Å². The van der Waals surface area contributed by atoms with Gasteiger partial charge in [-0.25, -0.2) is 4.98 Å². The van der Waals surface area contributed by atoms with Gasteiger partial charge in [0.05, 0.1) is 10.5 Å². The van der Waals surface area contributed by atoms with Gasteiger partial charge in [-0.15, -0.1) is 0 Å². The summed E-state index contributed by atoms with van der Waals surface area (Å²) >= 11 is 6.66. The number of rotatable bonds is 4. The molecular weight excluding hydrogens is 290 g/mol. The van der Waals surface area contributed by atoms with Crippen LogP contribution in [0.5, 0.6) is 0 Å². The molecule has 7 heteroatoms. The molecule has 1 aliphatic heterocycles. The van der Waals surface area contributed by atoms with Gasteiger partial charge in [0.15, 0.2) is 0 Å². The molecule has 1 aromatic rings. The van der Waals surface area contributed by atoms with Crippen LogP contribution in [0.1, 0.15) is 39.4 Å². The van der Waals surface area contributed by atoms with E-state index in [-0.39, 0.29) is 5.54 Å². The van der Waals surface area contributed by atoms with E-state index >= 15 is 0 Å². The molecule has 0 aliphatic carbocycles. The van der Waals surface area contributed by atoms with Gasteiger partial charge < -0.3 is 10.6 Å². The first-order valence-electron chi connectivity index (χ1n) is 6.96. The average molecular weight is 313 g/mol. The maximum absolute atomic E-state index is 5.84. The molecule has 1 fully saturated rings. The van der Waals surface area contributed by atoms with Crippen molar-refractivity contribution < 1.29 is 0 Å². The van der Waals surface area contributed by atoms with E-state index in [1.807, 2.05) is 0 Å². The first kappa shape index (κ1) is 15.6. The van der Waals surface area contributed by atoms with E-state index in [0.717, 1.165) is 37.1 Å². The summed E-state index contributed by atoms with van der Waals surface area (Å²) in [6, 6.07) is 0. The lowest BCUT2D eigenvalue weighted by molar-refractivity contribution is 0.168. The van der Waals surface area contributed by atoms with E-state index in [1.54, 1.807) is 0 Å². The lowest BCUT2D eigenvalue weighted by Crippen LogP contribution is -2.59. The van der Waals surface area contributed by atoms with Gasteiger partial charge >= 0.3 is 0 Å². The average Bonchev–Trinajstić information content (AvgIpc) is 2.88. The molecule has 0 saturated carbocycles. The van der Waals surface area contributed by atoms with Crippen LogP contribution < -0.4 is 10.6 Å². The fraction of sp³-hybridized carbons (Fsp3) is 0.769. The minimum atomic E-state index is -0.217. The van der Waals surface area contributed by atoms with E-state index in [0.29, 0.717) is 10.9 Å². The Morgan fingerprint density at radius 2 is 1.90 bits per heavy atom. The van der Waals surface area contributed by atoms with Crippen LogP contribution in [-0.2, 0) is 0 Å². The molecule has 0 unspecified atom stereocenters. The second-order valence-electron chi connectivity index (χ2n) is 5.99. The van der Waals surface area contributed by atoms with Crippen LogP contribution in [0.2, 0.25) is 0 Å². The zero-order chi connectivity index (χ0) is 14.9. The smallest absolute Gasteiger partial charge is 0.205 e. The van der Waals surface area contributed by atoms with Crippen molar-refractivity contribution in [3.05, 3.63) is 5.82 Å². The Bertz CT molecular complexity index is 475. The van der Waals surface area contributed by atoms with Crippen molar-refractivity contribution >= 4 is 33.9 Å². The number of hydrogen-bond acceptors (Lipinski definition) is 6. The highest BCUT2D eigenvalue weighted by Crippen LogP contribution is 2.24. The lowest BCUT2D eigenvalue weighted by atomic mass is 10.0. The summed E-state index contributed by atoms with van der Waals surface area (Å²) in [6.07, 6.45) is 0. The van der Waals surface area contributed by atoms with E-state index in [4.69, 9.17) is 18.0 Å². The molecule has 1 aliphatic rings. The van der Waals surface area contributed by atoms with Crippen LogP contribution in [0.3, 0.4) is 0 Å². The van der Waals surface area contributed by atoms with E-state index in [1.165, 1.54) is 11.5 Å². The molecule has 20 heavy (non-hydrogen) atoms. The Balaban J connectivity index is 1.99. The highest BCUT2D eigenvalue weighted by Gasteiger charge is 2.32. The van der Waals surface area contributed by atoms with Gasteiger partial charge in [0.25, 0.3) is 0 Å². The van der Waals surface area contributed by atoms with Crippen LogP contribution in [0.4, 0.5) is 5.13 Å². The second-order valence-corrected chi connectivity index (χ2v) is 7.16. The zero-order valence-electron chi connectivity index (χ0n) is 12.6. The summed E-state index contributed by atoms with van der Waals surface area (Å²) < 4.78 is 4.42. The number of aromatic nitrogens is 2. The SMILES string of the molecule is CC(C)c1nsc(N2CCN(C(C)(C)C(N)=S)CC2)n1. The van der Waals surface area contributed by atoms with Gasteiger partial charge in [0.2, 0.25) is 5.13 Å². The lowest BCUT2D eigenvalue weighted by Gasteiger charge is -2.43. The molecule has 0 aromatic carbocycles. The third kappa shape index (κ3) is 3.10. The normalized spacial score (nSPS) is 17.8. The molecule has 2 N–H and O–H groups in total. The zero-order valence-corrected chi connectivity index (χ0v) is 14.2. The Morgan fingerprint density at radius 3 is 2.35 bits per heavy atom. The topological polar surface area (TPSA) is 58.3 Å². The highest BCUT2D eigenvalue weighted by atomic mass is 32.1. The van der Waals surface area contributed by atoms with Gasteiger partial charge in [-0.2, -0.15) is 4.37 Å². The summed E-state index contributed by atoms with van der Waals surface area (Å²) in [5.74, 6) is 1.32. The van der Waals surface area contributed by atoms with Crippen molar-refractivity contribution in [2.24, 2.45) is 5.73 Å². The molecule has 0 atom stereocenters. The summed E-state index contributed by atoms with van der Waals surface area (Å²) in [5, 5.41) is 1.03. The summed E-state index contributed by atoms with van der Waals surface area (Å²) in [6.45, 7) is 12.2. The number of anilines is 1. The van der Waals surface area contributed by atoms with Gasteiger partial charge in [-0.05, 0) is 13.8 Å². The van der Waals surface area contributed by atoms with Crippen LogP contribution in [0.25, 0.3) is 0 Å². The predicted octanol–water partition coefficient (Wildman–Crippen LogP) is 1.85. The second kappa shape index (κ2) is 5.91. The Kier molecular flexibility index (Phi) is 4.61. The fourth-order valence-corrected chi connectivity index (χ4v) is 3.19. The number of nitrogens with two attached hydrogens (primary N) is 1. The molecule has 1 aromatic heterocycles. The first-order chi connectivity index (χ1) is 9.32. The standard InChI is InChI=1S/C13H23N5S2/c1-9(2)10-15-12(20-16-10)17-5-7-18(8-6-17)13(3,4)11(14)19/h9H,5-8H2,1-4H3,(H2,14,19). The monoisotopic (exact) mass is 313 g/mol.